The normalized spacial score (nSPS) is 12.9. The Labute approximate surface area is 126 Å². The molecule has 5 heteroatoms. The van der Waals surface area contributed by atoms with E-state index in [0.717, 1.165) is 5.76 Å². The minimum atomic E-state index is -0.821. The molecule has 1 aromatic rings. The fourth-order valence-corrected chi connectivity index (χ4v) is 2.15. The lowest BCUT2D eigenvalue weighted by molar-refractivity contribution is -0.160. The predicted octanol–water partition coefficient (Wildman–Crippen LogP) is 2.77. The van der Waals surface area contributed by atoms with Crippen molar-refractivity contribution in [3.8, 4) is 0 Å². The van der Waals surface area contributed by atoms with Crippen molar-refractivity contribution in [2.75, 3.05) is 13.7 Å². The molecule has 0 saturated carbocycles. The van der Waals surface area contributed by atoms with Crippen LogP contribution in [0, 0.1) is 18.3 Å². The van der Waals surface area contributed by atoms with E-state index in [0.29, 0.717) is 12.3 Å². The van der Waals surface area contributed by atoms with Crippen LogP contribution in [-0.4, -0.2) is 30.4 Å². The number of hydrogen-bond acceptors (Lipinski definition) is 4. The van der Waals surface area contributed by atoms with Crippen LogP contribution in [0.1, 0.15) is 39.2 Å². The van der Waals surface area contributed by atoms with Crippen molar-refractivity contribution in [2.24, 2.45) is 11.3 Å². The van der Waals surface area contributed by atoms with Gasteiger partial charge < -0.3 is 14.1 Å². The van der Waals surface area contributed by atoms with Crippen molar-refractivity contribution in [2.45, 2.75) is 41.2 Å². The number of esters is 1. The summed E-state index contributed by atoms with van der Waals surface area (Å²) in [4.78, 5) is 26.2. The first kappa shape index (κ1) is 17.3. The second-order valence-electron chi connectivity index (χ2n) is 6.26. The van der Waals surface area contributed by atoms with E-state index in [4.69, 9.17) is 9.15 Å². The minimum absolute atomic E-state index is 0.255. The number of furan rings is 1. The highest BCUT2D eigenvalue weighted by Crippen LogP contribution is 2.29. The van der Waals surface area contributed by atoms with E-state index in [2.05, 4.69) is 0 Å². The number of aryl methyl sites for hydroxylation is 1. The van der Waals surface area contributed by atoms with Gasteiger partial charge in [-0.1, -0.05) is 20.8 Å². The quantitative estimate of drug-likeness (QED) is 0.619. The molecule has 1 rings (SSSR count). The van der Waals surface area contributed by atoms with Crippen molar-refractivity contribution in [3.05, 3.63) is 23.7 Å². The highest BCUT2D eigenvalue weighted by molar-refractivity contribution is 5.98. The summed E-state index contributed by atoms with van der Waals surface area (Å²) in [7, 11) is 1.66. The zero-order valence-electron chi connectivity index (χ0n) is 13.7. The molecular weight excluding hydrogens is 270 g/mol. The number of ether oxygens (including phenoxy) is 1. The maximum Gasteiger partial charge on any atom is 0.319 e. The average molecular weight is 295 g/mol. The molecule has 0 aromatic carbocycles. The standard InChI is InChI=1S/C16H25NO4/c1-7-20-15(19)13(16(3,4)5)14(18)17(6)10-12-9-8-11(2)21-12/h8-9,13H,7,10H2,1-6H3. The largest absolute Gasteiger partial charge is 0.465 e. The predicted molar refractivity (Wildman–Crippen MR) is 79.5 cm³/mol. The molecule has 1 atom stereocenters. The fourth-order valence-electron chi connectivity index (χ4n) is 2.15. The first-order chi connectivity index (χ1) is 9.66. The van der Waals surface area contributed by atoms with Gasteiger partial charge in [-0.2, -0.15) is 0 Å². The third-order valence-corrected chi connectivity index (χ3v) is 3.20. The summed E-state index contributed by atoms with van der Waals surface area (Å²) in [5, 5.41) is 0. The minimum Gasteiger partial charge on any atom is -0.465 e. The van der Waals surface area contributed by atoms with E-state index in [-0.39, 0.29) is 12.5 Å². The Kier molecular flexibility index (Phi) is 5.58. The Morgan fingerprint density at radius 2 is 1.95 bits per heavy atom. The van der Waals surface area contributed by atoms with Crippen molar-refractivity contribution in [3.63, 3.8) is 0 Å². The van der Waals surface area contributed by atoms with Crippen LogP contribution in [0.25, 0.3) is 0 Å². The summed E-state index contributed by atoms with van der Waals surface area (Å²) < 4.78 is 10.5. The van der Waals surface area contributed by atoms with Gasteiger partial charge in [-0.25, -0.2) is 0 Å². The zero-order valence-corrected chi connectivity index (χ0v) is 13.7. The molecule has 0 spiro atoms. The third-order valence-electron chi connectivity index (χ3n) is 3.20. The molecule has 0 bridgehead atoms. The third kappa shape index (κ3) is 4.62. The summed E-state index contributed by atoms with van der Waals surface area (Å²) >= 11 is 0. The molecule has 118 valence electrons. The molecule has 0 fully saturated rings. The number of nitrogens with zero attached hydrogens (tertiary/aromatic N) is 1. The van der Waals surface area contributed by atoms with E-state index < -0.39 is 17.3 Å². The molecule has 0 saturated heterocycles. The average Bonchev–Trinajstić information content (AvgIpc) is 2.73. The molecule has 0 aliphatic carbocycles. The number of rotatable bonds is 5. The maximum absolute atomic E-state index is 12.6. The molecule has 0 radical (unpaired) electrons. The SMILES string of the molecule is CCOC(=O)C(C(=O)N(C)Cc1ccc(C)o1)C(C)(C)C. The van der Waals surface area contributed by atoms with Crippen molar-refractivity contribution in [1.82, 2.24) is 4.90 Å². The summed E-state index contributed by atoms with van der Waals surface area (Å²) in [6.07, 6.45) is 0. The summed E-state index contributed by atoms with van der Waals surface area (Å²) in [6, 6.07) is 3.68. The summed E-state index contributed by atoms with van der Waals surface area (Å²) in [6.45, 7) is 9.75. The number of carbonyl (C=O) groups is 2. The monoisotopic (exact) mass is 295 g/mol. The van der Waals surface area contributed by atoms with Gasteiger partial charge >= 0.3 is 5.97 Å². The molecular formula is C16H25NO4. The molecule has 1 amide bonds. The number of carbonyl (C=O) groups excluding carboxylic acids is 2. The first-order valence-electron chi connectivity index (χ1n) is 7.13. The van der Waals surface area contributed by atoms with Crippen LogP contribution in [-0.2, 0) is 20.9 Å². The second kappa shape index (κ2) is 6.78. The van der Waals surface area contributed by atoms with Gasteiger partial charge in [-0.15, -0.1) is 0 Å². The Balaban J connectivity index is 2.86. The van der Waals surface area contributed by atoms with E-state index in [9.17, 15) is 9.59 Å². The lowest BCUT2D eigenvalue weighted by atomic mass is 9.80. The maximum atomic E-state index is 12.6. The molecule has 0 N–H and O–H groups in total. The van der Waals surface area contributed by atoms with Gasteiger partial charge in [0.05, 0.1) is 13.2 Å². The van der Waals surface area contributed by atoms with Crippen molar-refractivity contribution < 1.29 is 18.7 Å². The molecule has 21 heavy (non-hydrogen) atoms. The molecule has 1 unspecified atom stereocenters. The van der Waals surface area contributed by atoms with E-state index in [1.165, 1.54) is 4.90 Å². The Hall–Kier alpha value is -1.78. The molecule has 5 nitrogen and oxygen atoms in total. The van der Waals surface area contributed by atoms with E-state index in [1.807, 2.05) is 39.8 Å². The molecule has 1 heterocycles. The topological polar surface area (TPSA) is 59.8 Å². The Morgan fingerprint density at radius 1 is 1.33 bits per heavy atom. The van der Waals surface area contributed by atoms with Gasteiger partial charge in [0.15, 0.2) is 0 Å². The lowest BCUT2D eigenvalue weighted by Gasteiger charge is -2.30. The lowest BCUT2D eigenvalue weighted by Crippen LogP contribution is -2.44. The van der Waals surface area contributed by atoms with Gasteiger partial charge in [0.25, 0.3) is 0 Å². The molecule has 1 aromatic heterocycles. The van der Waals surface area contributed by atoms with Crippen molar-refractivity contribution in [1.29, 1.82) is 0 Å². The van der Waals surface area contributed by atoms with Gasteiger partial charge in [0.1, 0.15) is 17.4 Å². The van der Waals surface area contributed by atoms with Gasteiger partial charge in [-0.05, 0) is 31.4 Å². The summed E-state index contributed by atoms with van der Waals surface area (Å²) in [5.74, 6) is -0.0607. The zero-order chi connectivity index (χ0) is 16.2. The number of hydrogen-bond donors (Lipinski definition) is 0. The van der Waals surface area contributed by atoms with Crippen LogP contribution in [0.2, 0.25) is 0 Å². The fraction of sp³-hybridized carbons (Fsp3) is 0.625. The highest BCUT2D eigenvalue weighted by atomic mass is 16.5. The first-order valence-corrected chi connectivity index (χ1v) is 7.13. The molecule has 0 aliphatic heterocycles. The molecule has 0 aliphatic rings. The smallest absolute Gasteiger partial charge is 0.319 e. The van der Waals surface area contributed by atoms with Crippen LogP contribution in [0.15, 0.2) is 16.5 Å². The Morgan fingerprint density at radius 3 is 2.38 bits per heavy atom. The van der Waals surface area contributed by atoms with Crippen LogP contribution in [0.4, 0.5) is 0 Å². The van der Waals surface area contributed by atoms with E-state index in [1.54, 1.807) is 14.0 Å². The Bertz CT molecular complexity index is 499. The second-order valence-corrected chi connectivity index (χ2v) is 6.26. The number of amides is 1. The highest BCUT2D eigenvalue weighted by Gasteiger charge is 2.40. The van der Waals surface area contributed by atoms with Crippen LogP contribution in [0.3, 0.4) is 0 Å². The summed E-state index contributed by atoms with van der Waals surface area (Å²) in [5.41, 5.74) is -0.503. The van der Waals surface area contributed by atoms with Gasteiger partial charge in [-0.3, -0.25) is 9.59 Å². The van der Waals surface area contributed by atoms with Crippen LogP contribution >= 0.6 is 0 Å². The van der Waals surface area contributed by atoms with E-state index >= 15 is 0 Å². The van der Waals surface area contributed by atoms with Gasteiger partial charge in [0.2, 0.25) is 5.91 Å². The van der Waals surface area contributed by atoms with Crippen molar-refractivity contribution >= 4 is 11.9 Å². The van der Waals surface area contributed by atoms with Crippen LogP contribution < -0.4 is 0 Å². The van der Waals surface area contributed by atoms with Crippen LogP contribution in [0.5, 0.6) is 0 Å². The van der Waals surface area contributed by atoms with Gasteiger partial charge in [0, 0.05) is 7.05 Å².